The number of amides is 1. The highest BCUT2D eigenvalue weighted by molar-refractivity contribution is 6.46. The van der Waals surface area contributed by atoms with Crippen molar-refractivity contribution in [2.45, 2.75) is 26.8 Å². The van der Waals surface area contributed by atoms with Crippen molar-refractivity contribution < 1.29 is 24.2 Å². The highest BCUT2D eigenvalue weighted by Gasteiger charge is 2.46. The number of carbonyl (C=O) groups is 3. The number of hydrogen-bond donors (Lipinski definition) is 2. The number of H-pyrrole nitrogens is 1. The lowest BCUT2D eigenvalue weighted by Gasteiger charge is -2.26. The monoisotopic (exact) mass is 440 g/mol. The highest BCUT2D eigenvalue weighted by Crippen LogP contribution is 2.40. The van der Waals surface area contributed by atoms with Gasteiger partial charge in [0.25, 0.3) is 11.7 Å². The van der Waals surface area contributed by atoms with Gasteiger partial charge in [0.1, 0.15) is 11.5 Å². The van der Waals surface area contributed by atoms with Gasteiger partial charge in [0, 0.05) is 36.7 Å². The standard InChI is InChI=1S/C23H28N4O5/c1-6-32-23(31)18-13(2)16(14(3)25-18)20(28)17-19(15-8-7-9-24-12-15)27(11-10-26(4)5)22(30)21(17)29/h7-9,12,19,25,28H,6,10-11H2,1-5H3/t19-/m0/s1. The lowest BCUT2D eigenvalue weighted by molar-refractivity contribution is -0.140. The van der Waals surface area contributed by atoms with Crippen molar-refractivity contribution in [3.05, 3.63) is 58.2 Å². The summed E-state index contributed by atoms with van der Waals surface area (Å²) in [7, 11) is 3.75. The third-order valence-corrected chi connectivity index (χ3v) is 5.48. The number of carbonyl (C=O) groups excluding carboxylic acids is 3. The number of pyridine rings is 1. The van der Waals surface area contributed by atoms with Crippen molar-refractivity contribution in [3.8, 4) is 0 Å². The molecule has 1 amide bonds. The fourth-order valence-electron chi connectivity index (χ4n) is 3.95. The number of nitrogens with zero attached hydrogens (tertiary/aromatic N) is 3. The Bertz CT molecular complexity index is 1070. The fraction of sp³-hybridized carbons (Fsp3) is 0.391. The zero-order valence-corrected chi connectivity index (χ0v) is 18.9. The lowest BCUT2D eigenvalue weighted by Crippen LogP contribution is -2.35. The van der Waals surface area contributed by atoms with Crippen LogP contribution in [0.2, 0.25) is 0 Å². The Morgan fingerprint density at radius 3 is 2.62 bits per heavy atom. The molecule has 3 rings (SSSR count). The van der Waals surface area contributed by atoms with Gasteiger partial charge in [-0.2, -0.15) is 0 Å². The van der Waals surface area contributed by atoms with Crippen LogP contribution in [-0.4, -0.2) is 76.3 Å². The molecule has 3 heterocycles. The second kappa shape index (κ2) is 9.35. The van der Waals surface area contributed by atoms with Crippen LogP contribution in [0.1, 0.15) is 45.8 Å². The maximum atomic E-state index is 13.1. The molecule has 0 aromatic carbocycles. The maximum absolute atomic E-state index is 13.1. The zero-order valence-electron chi connectivity index (χ0n) is 18.9. The molecular weight excluding hydrogens is 412 g/mol. The molecule has 1 fully saturated rings. The van der Waals surface area contributed by atoms with Crippen LogP contribution in [-0.2, 0) is 14.3 Å². The summed E-state index contributed by atoms with van der Waals surface area (Å²) in [5.74, 6) is -2.33. The van der Waals surface area contributed by atoms with Crippen molar-refractivity contribution >= 4 is 23.4 Å². The number of aliphatic hydroxyl groups excluding tert-OH is 1. The molecule has 32 heavy (non-hydrogen) atoms. The second-order valence-corrected chi connectivity index (χ2v) is 7.93. The topological polar surface area (TPSA) is 116 Å². The molecule has 0 saturated carbocycles. The number of hydrogen-bond acceptors (Lipinski definition) is 7. The van der Waals surface area contributed by atoms with Gasteiger partial charge in [0.2, 0.25) is 0 Å². The molecule has 2 aromatic rings. The van der Waals surface area contributed by atoms with E-state index in [1.165, 1.54) is 4.90 Å². The predicted octanol–water partition coefficient (Wildman–Crippen LogP) is 2.19. The van der Waals surface area contributed by atoms with Crippen molar-refractivity contribution in [2.75, 3.05) is 33.8 Å². The average Bonchev–Trinajstić information content (AvgIpc) is 3.19. The smallest absolute Gasteiger partial charge is 0.355 e. The van der Waals surface area contributed by atoms with Crippen LogP contribution < -0.4 is 0 Å². The number of rotatable bonds is 7. The Hall–Kier alpha value is -3.46. The van der Waals surface area contributed by atoms with Gasteiger partial charge in [0.05, 0.1) is 18.2 Å². The van der Waals surface area contributed by atoms with E-state index in [4.69, 9.17) is 4.74 Å². The van der Waals surface area contributed by atoms with E-state index < -0.39 is 23.7 Å². The number of ketones is 1. The lowest BCUT2D eigenvalue weighted by atomic mass is 9.95. The van der Waals surface area contributed by atoms with Crippen LogP contribution in [0.25, 0.3) is 5.76 Å². The van der Waals surface area contributed by atoms with Gasteiger partial charge in [-0.3, -0.25) is 14.6 Å². The second-order valence-electron chi connectivity index (χ2n) is 7.93. The summed E-state index contributed by atoms with van der Waals surface area (Å²) in [5.41, 5.74) is 2.04. The molecule has 2 N–H and O–H groups in total. The predicted molar refractivity (Wildman–Crippen MR) is 118 cm³/mol. The average molecular weight is 441 g/mol. The minimum absolute atomic E-state index is 0.0256. The third kappa shape index (κ3) is 4.16. The molecular formula is C23H28N4O5. The molecule has 1 aliphatic heterocycles. The molecule has 170 valence electrons. The van der Waals surface area contributed by atoms with E-state index in [1.54, 1.807) is 45.3 Å². The Labute approximate surface area is 186 Å². The van der Waals surface area contributed by atoms with Gasteiger partial charge < -0.3 is 24.6 Å². The molecule has 0 aliphatic carbocycles. The van der Waals surface area contributed by atoms with E-state index in [0.717, 1.165) is 0 Å². The van der Waals surface area contributed by atoms with Crippen LogP contribution in [0.3, 0.4) is 0 Å². The normalized spacial score (nSPS) is 17.9. The maximum Gasteiger partial charge on any atom is 0.355 e. The number of aryl methyl sites for hydroxylation is 1. The number of aromatic amines is 1. The zero-order chi connectivity index (χ0) is 23.6. The third-order valence-electron chi connectivity index (χ3n) is 5.48. The summed E-state index contributed by atoms with van der Waals surface area (Å²) in [5, 5.41) is 11.3. The molecule has 0 bridgehead atoms. The summed E-state index contributed by atoms with van der Waals surface area (Å²) in [6.45, 7) is 6.09. The van der Waals surface area contributed by atoms with Gasteiger partial charge in [0.15, 0.2) is 0 Å². The van der Waals surface area contributed by atoms with Crippen molar-refractivity contribution in [1.82, 2.24) is 19.8 Å². The van der Waals surface area contributed by atoms with E-state index in [2.05, 4.69) is 9.97 Å². The highest BCUT2D eigenvalue weighted by atomic mass is 16.5. The summed E-state index contributed by atoms with van der Waals surface area (Å²) >= 11 is 0. The summed E-state index contributed by atoms with van der Waals surface area (Å²) < 4.78 is 5.07. The van der Waals surface area contributed by atoms with Gasteiger partial charge in [-0.25, -0.2) is 4.79 Å². The number of likely N-dealkylation sites (N-methyl/N-ethyl adjacent to an activating group) is 1. The number of aliphatic hydroxyl groups is 1. The quantitative estimate of drug-likeness (QED) is 0.293. The summed E-state index contributed by atoms with van der Waals surface area (Å²) in [4.78, 5) is 48.7. The van der Waals surface area contributed by atoms with Crippen LogP contribution in [0.15, 0.2) is 30.1 Å². The SMILES string of the molecule is CCOC(=O)c1[nH]c(C)c(C(O)=C2C(=O)C(=O)N(CCN(C)C)[C@H]2c2cccnc2)c1C. The Balaban J connectivity index is 2.18. The summed E-state index contributed by atoms with van der Waals surface area (Å²) in [6.07, 6.45) is 3.18. The number of Topliss-reactive ketones (excluding diaryl/α,β-unsaturated/α-hetero) is 1. The molecule has 1 saturated heterocycles. The van der Waals surface area contributed by atoms with Crippen molar-refractivity contribution in [1.29, 1.82) is 0 Å². The van der Waals surface area contributed by atoms with Crippen molar-refractivity contribution in [2.24, 2.45) is 0 Å². The molecule has 0 radical (unpaired) electrons. The van der Waals surface area contributed by atoms with Crippen molar-refractivity contribution in [3.63, 3.8) is 0 Å². The number of nitrogens with one attached hydrogen (secondary N) is 1. The number of ether oxygens (including phenoxy) is 1. The first-order chi connectivity index (χ1) is 15.2. The molecule has 0 spiro atoms. The Morgan fingerprint density at radius 2 is 2.03 bits per heavy atom. The van der Waals surface area contributed by atoms with E-state index in [9.17, 15) is 19.5 Å². The van der Waals surface area contributed by atoms with E-state index in [-0.39, 0.29) is 23.6 Å². The largest absolute Gasteiger partial charge is 0.507 e. The minimum Gasteiger partial charge on any atom is -0.507 e. The van der Waals surface area contributed by atoms with Gasteiger partial charge >= 0.3 is 5.97 Å². The Morgan fingerprint density at radius 1 is 1.31 bits per heavy atom. The fourth-order valence-corrected chi connectivity index (χ4v) is 3.95. The molecule has 1 aliphatic rings. The van der Waals surface area contributed by atoms with E-state index in [0.29, 0.717) is 35.5 Å². The van der Waals surface area contributed by atoms with Gasteiger partial charge in [-0.1, -0.05) is 6.07 Å². The van der Waals surface area contributed by atoms with E-state index >= 15 is 0 Å². The van der Waals surface area contributed by atoms with Crippen LogP contribution in [0.5, 0.6) is 0 Å². The minimum atomic E-state index is -0.789. The molecule has 9 nitrogen and oxygen atoms in total. The van der Waals surface area contributed by atoms with Crippen LogP contribution in [0.4, 0.5) is 0 Å². The number of aromatic nitrogens is 2. The first-order valence-corrected chi connectivity index (χ1v) is 10.4. The first-order valence-electron chi connectivity index (χ1n) is 10.4. The molecule has 9 heteroatoms. The molecule has 0 unspecified atom stereocenters. The summed E-state index contributed by atoms with van der Waals surface area (Å²) in [6, 6.07) is 2.69. The van der Waals surface area contributed by atoms with Gasteiger partial charge in [-0.15, -0.1) is 0 Å². The number of esters is 1. The molecule has 1 atom stereocenters. The number of likely N-dealkylation sites (tertiary alicyclic amines) is 1. The van der Waals surface area contributed by atoms with Crippen LogP contribution in [0, 0.1) is 13.8 Å². The van der Waals surface area contributed by atoms with Crippen LogP contribution >= 0.6 is 0 Å². The van der Waals surface area contributed by atoms with E-state index in [1.807, 2.05) is 19.0 Å². The molecule has 2 aromatic heterocycles. The Kier molecular flexibility index (Phi) is 6.78. The van der Waals surface area contributed by atoms with Gasteiger partial charge in [-0.05, 0) is 52.1 Å². The first kappa shape index (κ1) is 23.2.